The fourth-order valence-electron chi connectivity index (χ4n) is 1.23. The Morgan fingerprint density at radius 1 is 1.29 bits per heavy atom. The minimum absolute atomic E-state index is 0.282. The summed E-state index contributed by atoms with van der Waals surface area (Å²) in [6.45, 7) is 11.3. The topological polar surface area (TPSA) is 12.9 Å². The number of pyridine rings is 1. The maximum Gasteiger partial charge on any atom is 0.0731 e. The van der Waals surface area contributed by atoms with E-state index >= 15 is 0 Å². The van der Waals surface area contributed by atoms with Gasteiger partial charge in [-0.3, -0.25) is 4.98 Å². The maximum absolute atomic E-state index is 6.04. The Balaban J connectivity index is 2.91. The Kier molecular flexibility index (Phi) is 2.66. The zero-order valence-corrected chi connectivity index (χ0v) is 10.0. The maximum atomic E-state index is 6.04. The number of fused-ring (bicyclic) bond motifs is 1. The monoisotopic (exact) mass is 313 g/mol. The van der Waals surface area contributed by atoms with E-state index in [0.29, 0.717) is 10.6 Å². The molecule has 1 heterocycles. The molecule has 0 amide bonds. The van der Waals surface area contributed by atoms with Crippen LogP contribution in [0.15, 0.2) is 18.2 Å². The number of aromatic nitrogens is 1. The smallest absolute Gasteiger partial charge is 0.0731 e. The predicted molar refractivity (Wildman–Crippen MR) is 66.3 cm³/mol. The van der Waals surface area contributed by atoms with E-state index in [1.165, 1.54) is 0 Å². The van der Waals surface area contributed by atoms with Crippen molar-refractivity contribution in [3.8, 4) is 0 Å². The lowest BCUT2D eigenvalue weighted by Crippen LogP contribution is -1.90. The average Bonchev–Trinajstić information content (AvgIpc) is 2.14. The SMILES string of the molecule is [CH]c1nc2cc(I)ccc2c(Cl)c1[CH]. The Hall–Kier alpha value is -0.350. The van der Waals surface area contributed by atoms with Crippen LogP contribution >= 0.6 is 34.2 Å². The van der Waals surface area contributed by atoms with E-state index in [1.807, 2.05) is 18.2 Å². The molecular weight excluding hydrogens is 308 g/mol. The first-order chi connectivity index (χ1) is 6.59. The Bertz CT molecular complexity index is 508. The molecule has 2 rings (SSSR count). The first-order valence-corrected chi connectivity index (χ1v) is 5.35. The molecule has 1 aromatic heterocycles. The van der Waals surface area contributed by atoms with Gasteiger partial charge in [-0.25, -0.2) is 0 Å². The average molecular weight is 314 g/mol. The highest BCUT2D eigenvalue weighted by Crippen LogP contribution is 2.28. The van der Waals surface area contributed by atoms with Crippen LogP contribution in [0, 0.1) is 17.4 Å². The lowest BCUT2D eigenvalue weighted by atomic mass is 10.1. The Morgan fingerprint density at radius 3 is 2.71 bits per heavy atom. The first-order valence-electron chi connectivity index (χ1n) is 3.89. The number of nitrogens with zero attached hydrogens (tertiary/aromatic N) is 1. The number of benzene rings is 1. The second-order valence-corrected chi connectivity index (χ2v) is 4.51. The van der Waals surface area contributed by atoms with E-state index in [2.05, 4.69) is 27.6 Å². The van der Waals surface area contributed by atoms with Gasteiger partial charge in [0, 0.05) is 22.8 Å². The molecule has 14 heavy (non-hydrogen) atoms. The molecule has 0 saturated heterocycles. The van der Waals surface area contributed by atoms with Crippen LogP contribution in [-0.4, -0.2) is 4.98 Å². The van der Waals surface area contributed by atoms with E-state index < -0.39 is 0 Å². The number of hydrogen-bond donors (Lipinski definition) is 0. The van der Waals surface area contributed by atoms with E-state index in [1.54, 1.807) is 0 Å². The van der Waals surface area contributed by atoms with Gasteiger partial charge in [-0.05, 0) is 40.3 Å². The molecule has 0 fully saturated rings. The summed E-state index contributed by atoms with van der Waals surface area (Å²) in [5.74, 6) is 0. The normalized spacial score (nSPS) is 10.9. The molecule has 2 aromatic rings. The molecule has 0 N–H and O–H groups in total. The van der Waals surface area contributed by atoms with E-state index in [9.17, 15) is 0 Å². The third-order valence-corrected chi connectivity index (χ3v) is 3.03. The van der Waals surface area contributed by atoms with E-state index in [-0.39, 0.29) is 5.69 Å². The summed E-state index contributed by atoms with van der Waals surface area (Å²) in [4.78, 5) is 4.16. The standard InChI is InChI=1S/C11H5ClIN/c1-6-7(2)14-10-5-8(13)3-4-9(10)11(6)12/h1-5H. The van der Waals surface area contributed by atoms with Crippen LogP contribution in [0.5, 0.6) is 0 Å². The number of hydrogen-bond acceptors (Lipinski definition) is 1. The highest BCUT2D eigenvalue weighted by atomic mass is 127. The molecular formula is C11H5ClIN. The zero-order valence-electron chi connectivity index (χ0n) is 7.09. The van der Waals surface area contributed by atoms with Crippen LogP contribution in [-0.2, 0) is 0 Å². The van der Waals surface area contributed by atoms with Crippen LogP contribution in [0.4, 0.5) is 0 Å². The second-order valence-electron chi connectivity index (χ2n) is 2.89. The third-order valence-electron chi connectivity index (χ3n) is 1.95. The summed E-state index contributed by atoms with van der Waals surface area (Å²) in [6, 6.07) is 5.76. The van der Waals surface area contributed by atoms with Gasteiger partial charge < -0.3 is 0 Å². The van der Waals surface area contributed by atoms with Gasteiger partial charge in [0.15, 0.2) is 0 Å². The molecule has 4 radical (unpaired) electrons. The van der Waals surface area contributed by atoms with Gasteiger partial charge in [-0.2, -0.15) is 0 Å². The Labute approximate surface area is 102 Å². The lowest BCUT2D eigenvalue weighted by molar-refractivity contribution is 1.31. The predicted octanol–water partition coefficient (Wildman–Crippen LogP) is 3.61. The van der Waals surface area contributed by atoms with Crippen molar-refractivity contribution in [3.05, 3.63) is 51.9 Å². The van der Waals surface area contributed by atoms with Crippen molar-refractivity contribution in [3.63, 3.8) is 0 Å². The molecule has 3 heteroatoms. The van der Waals surface area contributed by atoms with E-state index in [4.69, 9.17) is 25.4 Å². The van der Waals surface area contributed by atoms with Gasteiger partial charge in [0.2, 0.25) is 0 Å². The van der Waals surface area contributed by atoms with Gasteiger partial charge in [-0.15, -0.1) is 0 Å². The van der Waals surface area contributed by atoms with Crippen LogP contribution < -0.4 is 0 Å². The molecule has 0 aliphatic carbocycles. The molecule has 68 valence electrons. The number of rotatable bonds is 0. The minimum Gasteiger partial charge on any atom is -0.252 e. The van der Waals surface area contributed by atoms with Crippen molar-refractivity contribution >= 4 is 45.1 Å². The lowest BCUT2D eigenvalue weighted by Gasteiger charge is -2.06. The van der Waals surface area contributed by atoms with Crippen molar-refractivity contribution in [1.82, 2.24) is 4.98 Å². The highest BCUT2D eigenvalue weighted by molar-refractivity contribution is 14.1. The van der Waals surface area contributed by atoms with Crippen LogP contribution in [0.1, 0.15) is 11.3 Å². The molecule has 0 saturated carbocycles. The quantitative estimate of drug-likeness (QED) is 0.677. The van der Waals surface area contributed by atoms with Crippen molar-refractivity contribution < 1.29 is 0 Å². The summed E-state index contributed by atoms with van der Waals surface area (Å²) >= 11 is 8.24. The first kappa shape index (κ1) is 10.2. The molecule has 0 atom stereocenters. The van der Waals surface area contributed by atoms with Crippen LogP contribution in [0.3, 0.4) is 0 Å². The molecule has 1 nitrogen and oxygen atoms in total. The van der Waals surface area contributed by atoms with Gasteiger partial charge in [0.05, 0.1) is 16.2 Å². The molecule has 0 aliphatic rings. The van der Waals surface area contributed by atoms with Gasteiger partial charge in [0.25, 0.3) is 0 Å². The molecule has 0 unspecified atom stereocenters. The van der Waals surface area contributed by atoms with Crippen molar-refractivity contribution in [2.45, 2.75) is 0 Å². The van der Waals surface area contributed by atoms with Gasteiger partial charge >= 0.3 is 0 Å². The molecule has 0 spiro atoms. The van der Waals surface area contributed by atoms with Crippen LogP contribution in [0.25, 0.3) is 10.9 Å². The van der Waals surface area contributed by atoms with E-state index in [0.717, 1.165) is 14.5 Å². The van der Waals surface area contributed by atoms with Crippen molar-refractivity contribution in [2.75, 3.05) is 0 Å². The Morgan fingerprint density at radius 2 is 2.00 bits per heavy atom. The number of halogens is 2. The highest BCUT2D eigenvalue weighted by Gasteiger charge is 2.07. The summed E-state index contributed by atoms with van der Waals surface area (Å²) < 4.78 is 1.09. The summed E-state index contributed by atoms with van der Waals surface area (Å²) in [7, 11) is 0. The van der Waals surface area contributed by atoms with Crippen LogP contribution in [0.2, 0.25) is 5.02 Å². The fourth-order valence-corrected chi connectivity index (χ4v) is 1.96. The third kappa shape index (κ3) is 1.61. The largest absolute Gasteiger partial charge is 0.252 e. The van der Waals surface area contributed by atoms with Crippen molar-refractivity contribution in [2.24, 2.45) is 0 Å². The van der Waals surface area contributed by atoms with Gasteiger partial charge in [-0.1, -0.05) is 17.7 Å². The molecule has 0 bridgehead atoms. The van der Waals surface area contributed by atoms with Crippen molar-refractivity contribution in [1.29, 1.82) is 0 Å². The fraction of sp³-hybridized carbons (Fsp3) is 0. The minimum atomic E-state index is 0.282. The second kappa shape index (κ2) is 3.66. The summed E-state index contributed by atoms with van der Waals surface area (Å²) in [5, 5.41) is 1.31. The van der Waals surface area contributed by atoms with Gasteiger partial charge in [0.1, 0.15) is 0 Å². The molecule has 0 aliphatic heterocycles. The summed E-state index contributed by atoms with van der Waals surface area (Å²) in [6.07, 6.45) is 0. The summed E-state index contributed by atoms with van der Waals surface area (Å²) in [5.41, 5.74) is 1.40. The molecule has 1 aromatic carbocycles. The zero-order chi connectivity index (χ0) is 10.3.